The van der Waals surface area contributed by atoms with Crippen LogP contribution in [-0.2, 0) is 19.1 Å². The minimum atomic E-state index is -0.717. The first-order valence-electron chi connectivity index (χ1n) is 13.7. The number of hydrogen-bond acceptors (Lipinski definition) is 6. The fourth-order valence-electron chi connectivity index (χ4n) is 6.96. The number of likely N-dealkylation sites (tertiary alicyclic amines) is 1. The predicted octanol–water partition coefficient (Wildman–Crippen LogP) is 4.57. The van der Waals surface area contributed by atoms with E-state index >= 15 is 0 Å². The number of carbonyl (C=O) groups is 3. The summed E-state index contributed by atoms with van der Waals surface area (Å²) >= 11 is 5.42. The van der Waals surface area contributed by atoms with Gasteiger partial charge in [0.05, 0.1) is 23.2 Å². The van der Waals surface area contributed by atoms with Crippen molar-refractivity contribution in [2.24, 2.45) is 17.3 Å². The number of nitrogens with zero attached hydrogens (tertiary/aromatic N) is 2. The Morgan fingerprint density at radius 3 is 2.50 bits per heavy atom. The van der Waals surface area contributed by atoms with Crippen molar-refractivity contribution < 1.29 is 24.2 Å². The molecule has 6 atom stereocenters. The molecular formula is C29H45BrN2O5S. The Balaban J connectivity index is 2.05. The molecule has 3 rings (SSSR count). The van der Waals surface area contributed by atoms with Crippen LogP contribution in [0, 0.1) is 17.3 Å². The SMILES string of the molecule is C=CCCOC(=O)[C@H]1[C@@H]2SC3(CC2Br)C(C(=O)N(CC=C)C(C)(C)CC(C)(C)C)N(CCCCO)C(=O)[C@H]13. The Labute approximate surface area is 240 Å². The van der Waals surface area contributed by atoms with E-state index in [9.17, 15) is 19.5 Å². The van der Waals surface area contributed by atoms with E-state index in [2.05, 4.69) is 63.7 Å². The highest BCUT2D eigenvalue weighted by atomic mass is 79.9. The average molecular weight is 614 g/mol. The van der Waals surface area contributed by atoms with E-state index in [0.29, 0.717) is 38.8 Å². The van der Waals surface area contributed by atoms with Gasteiger partial charge in [-0.15, -0.1) is 24.9 Å². The number of fused-ring (bicyclic) bond motifs is 1. The number of thioether (sulfide) groups is 1. The molecule has 0 aromatic carbocycles. The monoisotopic (exact) mass is 612 g/mol. The maximum atomic E-state index is 14.7. The number of unbranched alkanes of at least 4 members (excludes halogenated alkanes) is 1. The fourth-order valence-corrected chi connectivity index (χ4v) is 10.6. The van der Waals surface area contributed by atoms with Crippen molar-refractivity contribution in [2.45, 2.75) is 93.1 Å². The first kappa shape index (κ1) is 31.2. The molecule has 7 nitrogen and oxygen atoms in total. The summed E-state index contributed by atoms with van der Waals surface area (Å²) in [5.74, 6) is -1.82. The Morgan fingerprint density at radius 2 is 1.92 bits per heavy atom. The topological polar surface area (TPSA) is 87.2 Å². The largest absolute Gasteiger partial charge is 0.465 e. The zero-order valence-corrected chi connectivity index (χ0v) is 26.0. The van der Waals surface area contributed by atoms with Crippen molar-refractivity contribution in [3.8, 4) is 0 Å². The van der Waals surface area contributed by atoms with Gasteiger partial charge >= 0.3 is 5.97 Å². The van der Waals surface area contributed by atoms with Crippen molar-refractivity contribution in [2.75, 3.05) is 26.3 Å². The standard InChI is InChI=1S/C29H45BrN2O5S/c1-8-10-16-37-26(36)20-21-24(34)31(14-11-12-15-33)23(29(21)17-19(30)22(20)38-29)25(35)32(13-9-2)28(6,7)18-27(3,4)5/h8-9,19-23,33H,1-2,10-18H2,3-7H3/t19?,20-,21+,22-,23?,29?/m1/s1. The first-order chi connectivity index (χ1) is 17.8. The quantitative estimate of drug-likeness (QED) is 0.142. The van der Waals surface area contributed by atoms with Gasteiger partial charge < -0.3 is 19.6 Å². The average Bonchev–Trinajstić information content (AvgIpc) is 3.39. The van der Waals surface area contributed by atoms with E-state index in [0.717, 1.165) is 6.42 Å². The second-order valence-electron chi connectivity index (χ2n) is 12.7. The Kier molecular flexibility index (Phi) is 9.90. The van der Waals surface area contributed by atoms with Crippen LogP contribution < -0.4 is 0 Å². The molecule has 3 aliphatic rings. The maximum Gasteiger partial charge on any atom is 0.310 e. The Morgan fingerprint density at radius 1 is 1.24 bits per heavy atom. The van der Waals surface area contributed by atoms with Gasteiger partial charge in [0.2, 0.25) is 11.8 Å². The van der Waals surface area contributed by atoms with Crippen LogP contribution in [0.3, 0.4) is 0 Å². The zero-order valence-electron chi connectivity index (χ0n) is 23.6. The molecule has 38 heavy (non-hydrogen) atoms. The highest BCUT2D eigenvalue weighted by Gasteiger charge is 2.76. The normalized spacial score (nSPS) is 30.3. The number of amides is 2. The van der Waals surface area contributed by atoms with Crippen LogP contribution in [0.2, 0.25) is 0 Å². The van der Waals surface area contributed by atoms with Crippen LogP contribution in [-0.4, -0.2) is 85.4 Å². The number of rotatable bonds is 13. The van der Waals surface area contributed by atoms with Crippen LogP contribution >= 0.6 is 27.7 Å². The summed E-state index contributed by atoms with van der Waals surface area (Å²) < 4.78 is 4.87. The summed E-state index contributed by atoms with van der Waals surface area (Å²) in [4.78, 5) is 45.7. The van der Waals surface area contributed by atoms with E-state index in [1.807, 2.05) is 4.90 Å². The molecule has 2 amide bonds. The van der Waals surface area contributed by atoms with Gasteiger partial charge in [-0.3, -0.25) is 14.4 Å². The molecule has 2 bridgehead atoms. The van der Waals surface area contributed by atoms with E-state index < -0.39 is 28.2 Å². The molecule has 3 unspecified atom stereocenters. The molecule has 0 aliphatic carbocycles. The van der Waals surface area contributed by atoms with Gasteiger partial charge in [0.15, 0.2) is 0 Å². The summed E-state index contributed by atoms with van der Waals surface area (Å²) in [6, 6.07) is -0.695. The van der Waals surface area contributed by atoms with Gasteiger partial charge in [-0.2, -0.15) is 0 Å². The van der Waals surface area contributed by atoms with Crippen molar-refractivity contribution in [3.63, 3.8) is 0 Å². The third kappa shape index (κ3) is 5.90. The van der Waals surface area contributed by atoms with E-state index in [1.54, 1.807) is 28.8 Å². The maximum absolute atomic E-state index is 14.7. The number of aliphatic hydroxyl groups is 1. The van der Waals surface area contributed by atoms with Crippen LogP contribution in [0.15, 0.2) is 25.3 Å². The minimum absolute atomic E-state index is 0.00312. The van der Waals surface area contributed by atoms with Gasteiger partial charge in [0, 0.05) is 35.3 Å². The molecule has 1 spiro atoms. The molecule has 0 aromatic heterocycles. The van der Waals surface area contributed by atoms with Gasteiger partial charge in [0.25, 0.3) is 0 Å². The zero-order chi connectivity index (χ0) is 28.5. The van der Waals surface area contributed by atoms with Crippen molar-refractivity contribution in [1.82, 2.24) is 9.80 Å². The number of hydrogen-bond donors (Lipinski definition) is 1. The second-order valence-corrected chi connectivity index (χ2v) is 15.4. The highest BCUT2D eigenvalue weighted by molar-refractivity contribution is 9.09. The van der Waals surface area contributed by atoms with E-state index in [1.165, 1.54) is 0 Å². The number of aliphatic hydroxyl groups excluding tert-OH is 1. The molecule has 3 heterocycles. The summed E-state index contributed by atoms with van der Waals surface area (Å²) in [6.07, 6.45) is 6.52. The third-order valence-corrected chi connectivity index (χ3v) is 11.2. The number of alkyl halides is 1. The Bertz CT molecular complexity index is 934. The molecule has 214 valence electrons. The second kappa shape index (κ2) is 12.0. The molecule has 3 saturated heterocycles. The molecular weight excluding hydrogens is 568 g/mol. The van der Waals surface area contributed by atoms with Gasteiger partial charge in [0.1, 0.15) is 6.04 Å². The summed E-state index contributed by atoms with van der Waals surface area (Å²) in [7, 11) is 0. The predicted molar refractivity (Wildman–Crippen MR) is 156 cm³/mol. The lowest BCUT2D eigenvalue weighted by Crippen LogP contribution is -2.60. The third-order valence-electron chi connectivity index (χ3n) is 7.94. The minimum Gasteiger partial charge on any atom is -0.465 e. The van der Waals surface area contributed by atoms with Crippen molar-refractivity contribution in [3.05, 3.63) is 25.3 Å². The molecule has 1 N–H and O–H groups in total. The van der Waals surface area contributed by atoms with Gasteiger partial charge in [-0.1, -0.05) is 48.9 Å². The molecule has 9 heteroatoms. The molecule has 0 aromatic rings. The lowest BCUT2D eigenvalue weighted by atomic mass is 9.70. The Hall–Kier alpha value is -1.32. The lowest BCUT2D eigenvalue weighted by molar-refractivity contribution is -0.154. The smallest absolute Gasteiger partial charge is 0.310 e. The number of carbonyl (C=O) groups excluding carboxylic acids is 3. The number of ether oxygens (including phenoxy) is 1. The summed E-state index contributed by atoms with van der Waals surface area (Å²) in [5, 5.41) is 9.27. The molecule has 0 saturated carbocycles. The van der Waals surface area contributed by atoms with Gasteiger partial charge in [-0.25, -0.2) is 0 Å². The van der Waals surface area contributed by atoms with Crippen molar-refractivity contribution in [1.29, 1.82) is 0 Å². The molecule has 0 radical (unpaired) electrons. The number of esters is 1. The lowest BCUT2D eigenvalue weighted by Gasteiger charge is -2.46. The summed E-state index contributed by atoms with van der Waals surface area (Å²) in [5.41, 5.74) is -0.492. The van der Waals surface area contributed by atoms with Crippen LogP contribution in [0.5, 0.6) is 0 Å². The highest BCUT2D eigenvalue weighted by Crippen LogP contribution is 2.68. The van der Waals surface area contributed by atoms with Crippen LogP contribution in [0.25, 0.3) is 0 Å². The first-order valence-corrected chi connectivity index (χ1v) is 15.5. The molecule has 3 fully saturated rings. The van der Waals surface area contributed by atoms with Crippen LogP contribution in [0.4, 0.5) is 0 Å². The van der Waals surface area contributed by atoms with Crippen LogP contribution in [0.1, 0.15) is 66.7 Å². The van der Waals surface area contributed by atoms with E-state index in [-0.39, 0.29) is 46.5 Å². The molecule has 3 aliphatic heterocycles. The van der Waals surface area contributed by atoms with E-state index in [4.69, 9.17) is 4.74 Å². The fraction of sp³-hybridized carbons (Fsp3) is 0.759. The van der Waals surface area contributed by atoms with Crippen molar-refractivity contribution >= 4 is 45.5 Å². The number of halogens is 1. The van der Waals surface area contributed by atoms with Gasteiger partial charge in [-0.05, 0) is 51.4 Å². The summed E-state index contributed by atoms with van der Waals surface area (Å²) in [6.45, 7) is 19.2.